The lowest BCUT2D eigenvalue weighted by Crippen LogP contribution is -2.49. The molecule has 1 aliphatic carbocycles. The van der Waals surface area contributed by atoms with Gasteiger partial charge in [0, 0.05) is 11.5 Å². The Kier molecular flexibility index (Phi) is 3.37. The van der Waals surface area contributed by atoms with E-state index in [-0.39, 0.29) is 5.92 Å². The zero-order valence-corrected chi connectivity index (χ0v) is 12.9. The van der Waals surface area contributed by atoms with Crippen molar-refractivity contribution in [1.82, 2.24) is 4.90 Å². The van der Waals surface area contributed by atoms with Crippen LogP contribution in [0.5, 0.6) is 0 Å². The van der Waals surface area contributed by atoms with Gasteiger partial charge in [0.2, 0.25) is 0 Å². The first-order valence-electron chi connectivity index (χ1n) is 7.65. The zero-order valence-electron chi connectivity index (χ0n) is 12.9. The van der Waals surface area contributed by atoms with Gasteiger partial charge in [0.25, 0.3) is 0 Å². The summed E-state index contributed by atoms with van der Waals surface area (Å²) in [5.74, 6) is -1.08. The van der Waals surface area contributed by atoms with Crippen LogP contribution in [0.25, 0.3) is 0 Å². The van der Waals surface area contributed by atoms with Gasteiger partial charge >= 0.3 is 0 Å². The van der Waals surface area contributed by atoms with Gasteiger partial charge in [-0.3, -0.25) is 0 Å². The molecular weight excluding hydrogens is 272 g/mol. The summed E-state index contributed by atoms with van der Waals surface area (Å²) in [6.07, 6.45) is 2.17. The molecule has 2 aliphatic rings. The third kappa shape index (κ3) is 2.11. The zero-order chi connectivity index (χ0) is 15.4. The summed E-state index contributed by atoms with van der Waals surface area (Å²) in [7, 11) is 2.06. The Morgan fingerprint density at radius 3 is 2.43 bits per heavy atom. The largest absolute Gasteiger partial charge is 0.384 e. The lowest BCUT2D eigenvalue weighted by atomic mass is 9.65. The van der Waals surface area contributed by atoms with Gasteiger partial charge in [-0.15, -0.1) is 0 Å². The Morgan fingerprint density at radius 1 is 1.19 bits per heavy atom. The highest BCUT2D eigenvalue weighted by atomic mass is 19.1. The van der Waals surface area contributed by atoms with E-state index < -0.39 is 22.7 Å². The Balaban J connectivity index is 2.09. The van der Waals surface area contributed by atoms with Crippen molar-refractivity contribution in [2.24, 2.45) is 11.3 Å². The van der Waals surface area contributed by atoms with Gasteiger partial charge in [-0.25, -0.2) is 8.78 Å². The van der Waals surface area contributed by atoms with Crippen LogP contribution in [0.4, 0.5) is 8.78 Å². The monoisotopic (exact) mass is 295 g/mol. The molecule has 1 heterocycles. The number of hydrogen-bond acceptors (Lipinski definition) is 2. The summed E-state index contributed by atoms with van der Waals surface area (Å²) < 4.78 is 27.8. The van der Waals surface area contributed by atoms with E-state index in [1.54, 1.807) is 0 Å². The van der Waals surface area contributed by atoms with E-state index in [2.05, 4.69) is 11.9 Å². The SMILES string of the molecule is CN1CCC(C2(O)c3cc(F)cc(F)c3CC2(C)C)CC1. The van der Waals surface area contributed by atoms with Crippen molar-refractivity contribution in [1.29, 1.82) is 0 Å². The molecule has 2 nitrogen and oxygen atoms in total. The molecule has 1 saturated heterocycles. The van der Waals surface area contributed by atoms with Crippen LogP contribution in [0.3, 0.4) is 0 Å². The highest BCUT2D eigenvalue weighted by Crippen LogP contribution is 2.56. The Bertz CT molecular complexity index is 564. The molecular formula is C17H23F2NO. The molecule has 0 bridgehead atoms. The summed E-state index contributed by atoms with van der Waals surface area (Å²) in [4.78, 5) is 2.23. The maximum Gasteiger partial charge on any atom is 0.129 e. The summed E-state index contributed by atoms with van der Waals surface area (Å²) in [5.41, 5.74) is -0.667. The number of likely N-dealkylation sites (tertiary alicyclic amines) is 1. The van der Waals surface area contributed by atoms with Gasteiger partial charge in [0.1, 0.15) is 11.6 Å². The van der Waals surface area contributed by atoms with Crippen molar-refractivity contribution < 1.29 is 13.9 Å². The minimum atomic E-state index is -1.15. The van der Waals surface area contributed by atoms with E-state index in [4.69, 9.17) is 0 Å². The number of fused-ring (bicyclic) bond motifs is 1. The molecule has 1 N–H and O–H groups in total. The average Bonchev–Trinajstić information content (AvgIpc) is 2.61. The molecule has 0 spiro atoms. The van der Waals surface area contributed by atoms with E-state index in [1.165, 1.54) is 6.07 Å². The van der Waals surface area contributed by atoms with Crippen LogP contribution in [0, 0.1) is 23.0 Å². The second kappa shape index (κ2) is 4.75. The summed E-state index contributed by atoms with van der Waals surface area (Å²) >= 11 is 0. The van der Waals surface area contributed by atoms with Crippen LogP contribution in [-0.2, 0) is 12.0 Å². The molecule has 3 rings (SSSR count). The molecule has 0 amide bonds. The number of piperidine rings is 1. The second-order valence-electron chi connectivity index (χ2n) is 7.32. The number of nitrogens with zero attached hydrogens (tertiary/aromatic N) is 1. The van der Waals surface area contributed by atoms with Crippen LogP contribution in [-0.4, -0.2) is 30.1 Å². The maximum atomic E-state index is 14.1. The predicted octanol–water partition coefficient (Wildman–Crippen LogP) is 3.08. The van der Waals surface area contributed by atoms with Crippen LogP contribution in [0.2, 0.25) is 0 Å². The first-order chi connectivity index (χ1) is 9.75. The fourth-order valence-corrected chi connectivity index (χ4v) is 4.26. The lowest BCUT2D eigenvalue weighted by molar-refractivity contribution is -0.121. The fraction of sp³-hybridized carbons (Fsp3) is 0.647. The van der Waals surface area contributed by atoms with Gasteiger partial charge in [-0.05, 0) is 62.5 Å². The van der Waals surface area contributed by atoms with Gasteiger partial charge in [-0.1, -0.05) is 13.8 Å². The van der Waals surface area contributed by atoms with Crippen molar-refractivity contribution in [3.63, 3.8) is 0 Å². The van der Waals surface area contributed by atoms with Crippen LogP contribution >= 0.6 is 0 Å². The van der Waals surface area contributed by atoms with Crippen molar-refractivity contribution >= 4 is 0 Å². The molecule has 0 saturated carbocycles. The van der Waals surface area contributed by atoms with Gasteiger partial charge in [0.15, 0.2) is 0 Å². The smallest absolute Gasteiger partial charge is 0.129 e. The fourth-order valence-electron chi connectivity index (χ4n) is 4.26. The number of halogens is 2. The van der Waals surface area contributed by atoms with Gasteiger partial charge in [0.05, 0.1) is 5.60 Å². The van der Waals surface area contributed by atoms with E-state index in [0.29, 0.717) is 17.5 Å². The molecule has 0 radical (unpaired) electrons. The van der Waals surface area contributed by atoms with Gasteiger partial charge in [-0.2, -0.15) is 0 Å². The third-order valence-corrected chi connectivity index (χ3v) is 5.53. The molecule has 1 fully saturated rings. The number of aliphatic hydroxyl groups is 1. The third-order valence-electron chi connectivity index (χ3n) is 5.53. The second-order valence-corrected chi connectivity index (χ2v) is 7.32. The molecule has 4 heteroatoms. The highest BCUT2D eigenvalue weighted by Gasteiger charge is 2.56. The van der Waals surface area contributed by atoms with E-state index in [9.17, 15) is 13.9 Å². The lowest BCUT2D eigenvalue weighted by Gasteiger charge is -2.46. The Labute approximate surface area is 124 Å². The predicted molar refractivity (Wildman–Crippen MR) is 78.0 cm³/mol. The number of rotatable bonds is 1. The van der Waals surface area contributed by atoms with E-state index in [0.717, 1.165) is 32.0 Å². The molecule has 116 valence electrons. The Morgan fingerprint density at radius 2 is 1.81 bits per heavy atom. The highest BCUT2D eigenvalue weighted by molar-refractivity contribution is 5.42. The van der Waals surface area contributed by atoms with Crippen molar-refractivity contribution in [2.45, 2.75) is 38.7 Å². The normalized spacial score (nSPS) is 29.6. The number of benzene rings is 1. The summed E-state index contributed by atoms with van der Waals surface area (Å²) in [6.45, 7) is 5.75. The van der Waals surface area contributed by atoms with Gasteiger partial charge < -0.3 is 10.0 Å². The summed E-state index contributed by atoms with van der Waals surface area (Å²) in [5, 5.41) is 11.5. The molecule has 1 aliphatic heterocycles. The standard InChI is InChI=1S/C17H23F2NO/c1-16(2)10-13-14(8-12(18)9-15(13)19)17(16,21)11-4-6-20(3)7-5-11/h8-9,11,21H,4-7,10H2,1-3H3. The molecule has 1 atom stereocenters. The van der Waals surface area contributed by atoms with Crippen molar-refractivity contribution in [2.75, 3.05) is 20.1 Å². The van der Waals surface area contributed by atoms with Crippen molar-refractivity contribution in [3.05, 3.63) is 34.9 Å². The topological polar surface area (TPSA) is 23.5 Å². The summed E-state index contributed by atoms with van der Waals surface area (Å²) in [6, 6.07) is 2.26. The first kappa shape index (κ1) is 14.9. The number of hydrogen-bond donors (Lipinski definition) is 1. The van der Waals surface area contributed by atoms with E-state index >= 15 is 0 Å². The van der Waals surface area contributed by atoms with Crippen LogP contribution < -0.4 is 0 Å². The average molecular weight is 295 g/mol. The van der Waals surface area contributed by atoms with E-state index in [1.807, 2.05) is 13.8 Å². The van der Waals surface area contributed by atoms with Crippen molar-refractivity contribution in [3.8, 4) is 0 Å². The molecule has 1 unspecified atom stereocenters. The molecule has 1 aromatic rings. The minimum Gasteiger partial charge on any atom is -0.384 e. The maximum absolute atomic E-state index is 14.1. The van der Waals surface area contributed by atoms with Crippen LogP contribution in [0.1, 0.15) is 37.8 Å². The molecule has 1 aromatic carbocycles. The quantitative estimate of drug-likeness (QED) is 0.860. The first-order valence-corrected chi connectivity index (χ1v) is 7.65. The van der Waals surface area contributed by atoms with Crippen LogP contribution in [0.15, 0.2) is 12.1 Å². The molecule has 21 heavy (non-hydrogen) atoms. The molecule has 0 aromatic heterocycles. The minimum absolute atomic E-state index is 0.0474. The Hall–Kier alpha value is -1.00.